The molecule has 0 aliphatic rings. The van der Waals surface area contributed by atoms with Crippen molar-refractivity contribution in [2.45, 2.75) is 39.4 Å². The Labute approximate surface area is 164 Å². The Morgan fingerprint density at radius 3 is 2.50 bits per heavy atom. The van der Waals surface area contributed by atoms with Crippen molar-refractivity contribution in [3.63, 3.8) is 0 Å². The number of nitrogens with one attached hydrogen (secondary N) is 1. The normalized spacial score (nSPS) is 13.0. The topological polar surface area (TPSA) is 59.3 Å². The zero-order chi connectivity index (χ0) is 20.6. The van der Waals surface area contributed by atoms with E-state index < -0.39 is 17.8 Å². The molecule has 5 nitrogen and oxygen atoms in total. The highest BCUT2D eigenvalue weighted by Gasteiger charge is 2.36. The lowest BCUT2D eigenvalue weighted by Crippen LogP contribution is -2.32. The molecule has 1 atom stereocenters. The number of aromatic nitrogens is 3. The molecule has 9 heteroatoms. The Balaban J connectivity index is 2.21. The quantitative estimate of drug-likeness (QED) is 0.665. The number of rotatable bonds is 4. The molecule has 0 saturated heterocycles. The molecule has 2 aromatic heterocycles. The van der Waals surface area contributed by atoms with Crippen molar-refractivity contribution in [3.05, 3.63) is 52.3 Å². The van der Waals surface area contributed by atoms with E-state index in [-0.39, 0.29) is 28.1 Å². The van der Waals surface area contributed by atoms with Gasteiger partial charge in [0.25, 0.3) is 5.91 Å². The lowest BCUT2D eigenvalue weighted by Gasteiger charge is -2.11. The molecule has 148 valence electrons. The third-order valence-corrected chi connectivity index (χ3v) is 4.72. The fourth-order valence-electron chi connectivity index (χ4n) is 2.60. The van der Waals surface area contributed by atoms with Crippen molar-refractivity contribution in [3.8, 4) is 11.3 Å². The molecule has 0 fully saturated rings. The minimum Gasteiger partial charge on any atom is -0.348 e. The van der Waals surface area contributed by atoms with Gasteiger partial charge in [-0.2, -0.15) is 18.3 Å². The lowest BCUT2D eigenvalue weighted by atomic mass is 10.1. The third kappa shape index (κ3) is 3.82. The van der Waals surface area contributed by atoms with Gasteiger partial charge in [0.1, 0.15) is 5.02 Å². The van der Waals surface area contributed by atoms with Crippen LogP contribution in [0.1, 0.15) is 42.0 Å². The summed E-state index contributed by atoms with van der Waals surface area (Å²) in [5.41, 5.74) is -0.0100. The second kappa shape index (κ2) is 7.43. The summed E-state index contributed by atoms with van der Waals surface area (Å²) >= 11 is 6.21. The van der Waals surface area contributed by atoms with Gasteiger partial charge in [0, 0.05) is 11.6 Å². The summed E-state index contributed by atoms with van der Waals surface area (Å²) in [6, 6.07) is 7.63. The minimum atomic E-state index is -4.71. The molecule has 0 aliphatic carbocycles. The van der Waals surface area contributed by atoms with E-state index >= 15 is 0 Å². The summed E-state index contributed by atoms with van der Waals surface area (Å²) < 4.78 is 41.5. The standard InChI is InChI=1S/C19H18ClF3N4O/c1-4-11(3)24-18(28)16-15(20)17-25-13(12-7-5-10(2)6-8-12)9-14(19(21,22)23)27(17)26-16/h5-9,11H,4H2,1-3H3,(H,24,28)/t11-/m1/s1. The van der Waals surface area contributed by atoms with E-state index in [1.807, 2.05) is 13.8 Å². The van der Waals surface area contributed by atoms with Crippen molar-refractivity contribution in [2.24, 2.45) is 0 Å². The Morgan fingerprint density at radius 2 is 1.93 bits per heavy atom. The first-order valence-corrected chi connectivity index (χ1v) is 9.04. The zero-order valence-corrected chi connectivity index (χ0v) is 16.2. The summed E-state index contributed by atoms with van der Waals surface area (Å²) in [6.45, 7) is 5.52. The van der Waals surface area contributed by atoms with E-state index in [0.29, 0.717) is 16.5 Å². The van der Waals surface area contributed by atoms with E-state index in [0.717, 1.165) is 11.6 Å². The Bertz CT molecular complexity index is 1030. The van der Waals surface area contributed by atoms with Gasteiger partial charge in [0.2, 0.25) is 0 Å². The van der Waals surface area contributed by atoms with Gasteiger partial charge in [-0.25, -0.2) is 9.50 Å². The third-order valence-electron chi connectivity index (χ3n) is 4.38. The number of halogens is 4. The van der Waals surface area contributed by atoms with Crippen molar-refractivity contribution in [2.75, 3.05) is 0 Å². The molecule has 3 aromatic rings. The number of carbonyl (C=O) groups is 1. The van der Waals surface area contributed by atoms with Crippen molar-refractivity contribution >= 4 is 23.2 Å². The monoisotopic (exact) mass is 410 g/mol. The molecule has 2 heterocycles. The molecule has 0 bridgehead atoms. The molecular weight excluding hydrogens is 393 g/mol. The molecule has 0 radical (unpaired) electrons. The van der Waals surface area contributed by atoms with Crippen LogP contribution < -0.4 is 5.32 Å². The number of aryl methyl sites for hydroxylation is 1. The van der Waals surface area contributed by atoms with Crippen LogP contribution in [0.5, 0.6) is 0 Å². The highest BCUT2D eigenvalue weighted by Crippen LogP contribution is 2.34. The highest BCUT2D eigenvalue weighted by molar-refractivity contribution is 6.36. The smallest absolute Gasteiger partial charge is 0.348 e. The lowest BCUT2D eigenvalue weighted by molar-refractivity contribution is -0.142. The van der Waals surface area contributed by atoms with E-state index in [9.17, 15) is 18.0 Å². The van der Waals surface area contributed by atoms with Gasteiger partial charge < -0.3 is 5.32 Å². The summed E-state index contributed by atoms with van der Waals surface area (Å²) in [6.07, 6.45) is -4.05. The van der Waals surface area contributed by atoms with Crippen LogP contribution in [0.25, 0.3) is 16.9 Å². The zero-order valence-electron chi connectivity index (χ0n) is 15.4. The van der Waals surface area contributed by atoms with Crippen LogP contribution in [0.3, 0.4) is 0 Å². The van der Waals surface area contributed by atoms with E-state index in [4.69, 9.17) is 11.6 Å². The first-order valence-electron chi connectivity index (χ1n) is 8.66. The van der Waals surface area contributed by atoms with Crippen LogP contribution in [0.2, 0.25) is 5.02 Å². The molecule has 1 aromatic carbocycles. The Kier molecular flexibility index (Phi) is 5.34. The molecule has 0 aliphatic heterocycles. The average Bonchev–Trinajstić information content (AvgIpc) is 2.97. The number of fused-ring (bicyclic) bond motifs is 1. The number of nitrogens with zero attached hydrogens (tertiary/aromatic N) is 3. The first kappa shape index (κ1) is 20.1. The fourth-order valence-corrected chi connectivity index (χ4v) is 2.85. The second-order valence-corrected chi connectivity index (χ2v) is 6.95. The van der Waals surface area contributed by atoms with Crippen molar-refractivity contribution in [1.29, 1.82) is 0 Å². The summed E-state index contributed by atoms with van der Waals surface area (Å²) in [4.78, 5) is 16.6. The number of alkyl halides is 3. The van der Waals surface area contributed by atoms with Crippen LogP contribution in [0, 0.1) is 6.92 Å². The maximum atomic E-state index is 13.7. The molecule has 3 rings (SSSR count). The predicted molar refractivity (Wildman–Crippen MR) is 100 cm³/mol. The minimum absolute atomic E-state index is 0.0931. The Hall–Kier alpha value is -2.61. The van der Waals surface area contributed by atoms with Gasteiger partial charge in [-0.3, -0.25) is 4.79 Å². The number of carbonyl (C=O) groups excluding carboxylic acids is 1. The van der Waals surface area contributed by atoms with Crippen LogP contribution in [0.15, 0.2) is 30.3 Å². The van der Waals surface area contributed by atoms with E-state index in [2.05, 4.69) is 15.4 Å². The maximum Gasteiger partial charge on any atom is 0.433 e. The largest absolute Gasteiger partial charge is 0.433 e. The molecule has 28 heavy (non-hydrogen) atoms. The molecule has 1 amide bonds. The highest BCUT2D eigenvalue weighted by atomic mass is 35.5. The summed E-state index contributed by atoms with van der Waals surface area (Å²) in [7, 11) is 0. The van der Waals surface area contributed by atoms with Crippen LogP contribution in [-0.4, -0.2) is 26.5 Å². The molecular formula is C19H18ClF3N4O. The maximum absolute atomic E-state index is 13.7. The van der Waals surface area contributed by atoms with Crippen LogP contribution in [-0.2, 0) is 6.18 Å². The van der Waals surface area contributed by atoms with Gasteiger partial charge in [0.15, 0.2) is 17.0 Å². The number of hydrogen-bond acceptors (Lipinski definition) is 3. The van der Waals surface area contributed by atoms with E-state index in [1.165, 1.54) is 0 Å². The average molecular weight is 411 g/mol. The van der Waals surface area contributed by atoms with Gasteiger partial charge in [-0.15, -0.1) is 0 Å². The predicted octanol–water partition coefficient (Wildman–Crippen LogP) is 4.91. The van der Waals surface area contributed by atoms with Gasteiger partial charge in [0.05, 0.1) is 5.69 Å². The Morgan fingerprint density at radius 1 is 1.29 bits per heavy atom. The van der Waals surface area contributed by atoms with Gasteiger partial charge in [-0.05, 0) is 26.3 Å². The second-order valence-electron chi connectivity index (χ2n) is 6.57. The van der Waals surface area contributed by atoms with E-state index in [1.54, 1.807) is 31.2 Å². The number of benzene rings is 1. The number of amides is 1. The van der Waals surface area contributed by atoms with Gasteiger partial charge >= 0.3 is 6.18 Å². The molecule has 0 saturated carbocycles. The molecule has 0 unspecified atom stereocenters. The summed E-state index contributed by atoms with van der Waals surface area (Å²) in [5.74, 6) is -0.644. The SMILES string of the molecule is CC[C@@H](C)NC(=O)c1nn2c(C(F)(F)F)cc(-c3ccc(C)cc3)nc2c1Cl. The number of hydrogen-bond donors (Lipinski definition) is 1. The summed E-state index contributed by atoms with van der Waals surface area (Å²) in [5, 5.41) is 6.23. The van der Waals surface area contributed by atoms with Crippen molar-refractivity contribution < 1.29 is 18.0 Å². The van der Waals surface area contributed by atoms with Crippen molar-refractivity contribution in [1.82, 2.24) is 19.9 Å². The fraction of sp³-hybridized carbons (Fsp3) is 0.316. The molecule has 1 N–H and O–H groups in total. The van der Waals surface area contributed by atoms with Crippen LogP contribution in [0.4, 0.5) is 13.2 Å². The first-order chi connectivity index (χ1) is 13.1. The van der Waals surface area contributed by atoms with Gasteiger partial charge in [-0.1, -0.05) is 48.4 Å². The molecule has 0 spiro atoms. The van der Waals surface area contributed by atoms with Crippen LogP contribution >= 0.6 is 11.6 Å².